The third-order valence-corrected chi connectivity index (χ3v) is 8.69. The lowest BCUT2D eigenvalue weighted by Gasteiger charge is -2.25. The summed E-state index contributed by atoms with van der Waals surface area (Å²) >= 11 is 4.44. The van der Waals surface area contributed by atoms with Crippen molar-refractivity contribution >= 4 is 54.3 Å². The average Bonchev–Trinajstić information content (AvgIpc) is 3.13. The molecule has 30 heavy (non-hydrogen) atoms. The summed E-state index contributed by atoms with van der Waals surface area (Å²) in [6.07, 6.45) is 0.0262. The molecule has 2 heterocycles. The first-order valence-corrected chi connectivity index (χ1v) is 12.6. The van der Waals surface area contributed by atoms with E-state index in [1.54, 1.807) is 35.2 Å². The Labute approximate surface area is 186 Å². The predicted octanol–water partition coefficient (Wildman–Crippen LogP) is 3.44. The molecule has 6 nitrogen and oxygen atoms in total. The number of rotatable bonds is 4. The Morgan fingerprint density at radius 2 is 2.07 bits per heavy atom. The van der Waals surface area contributed by atoms with Crippen LogP contribution in [-0.2, 0) is 21.1 Å². The third kappa shape index (κ3) is 4.26. The highest BCUT2D eigenvalue weighted by atomic mass is 79.9. The quantitative estimate of drug-likeness (QED) is 0.624. The largest absolute Gasteiger partial charge is 0.496 e. The number of benzene rings is 2. The Morgan fingerprint density at radius 1 is 1.30 bits per heavy atom. The first-order valence-electron chi connectivity index (χ1n) is 9.12. The number of carbonyl (C=O) groups is 1. The first kappa shape index (κ1) is 21.3. The maximum atomic E-state index is 14.7. The lowest BCUT2D eigenvalue weighted by Crippen LogP contribution is -2.38. The number of para-hydroxylation sites is 1. The zero-order valence-electron chi connectivity index (χ0n) is 15.9. The Morgan fingerprint density at radius 3 is 2.80 bits per heavy atom. The van der Waals surface area contributed by atoms with Gasteiger partial charge in [-0.05, 0) is 24.3 Å². The lowest BCUT2D eigenvalue weighted by atomic mass is 10.1. The van der Waals surface area contributed by atoms with Crippen molar-refractivity contribution in [1.29, 1.82) is 0 Å². The highest BCUT2D eigenvalue weighted by Gasteiger charge is 2.50. The van der Waals surface area contributed by atoms with E-state index in [2.05, 4.69) is 20.9 Å². The number of halogens is 2. The third-order valence-electron chi connectivity index (χ3n) is 4.99. The lowest BCUT2D eigenvalue weighted by molar-refractivity contribution is -0.117. The number of hydrogen-bond acceptors (Lipinski definition) is 5. The molecule has 10 heteroatoms. The van der Waals surface area contributed by atoms with Gasteiger partial charge in [0, 0.05) is 15.3 Å². The van der Waals surface area contributed by atoms with E-state index in [9.17, 15) is 17.6 Å². The normalized spacial score (nSPS) is 23.6. The fourth-order valence-electron chi connectivity index (χ4n) is 3.68. The van der Waals surface area contributed by atoms with Gasteiger partial charge in [0.2, 0.25) is 0 Å². The van der Waals surface area contributed by atoms with Crippen molar-refractivity contribution in [3.63, 3.8) is 0 Å². The number of amidine groups is 1. The number of thioether (sulfide) groups is 1. The maximum Gasteiger partial charge on any atom is 0.252 e. The molecule has 0 saturated carbocycles. The summed E-state index contributed by atoms with van der Waals surface area (Å²) in [4.78, 5) is 18.5. The maximum absolute atomic E-state index is 14.7. The van der Waals surface area contributed by atoms with Gasteiger partial charge in [-0.15, -0.1) is 0 Å². The van der Waals surface area contributed by atoms with Crippen molar-refractivity contribution in [3.8, 4) is 5.75 Å². The minimum absolute atomic E-state index is 0.0172. The van der Waals surface area contributed by atoms with Crippen LogP contribution in [0.15, 0.2) is 51.9 Å². The summed E-state index contributed by atoms with van der Waals surface area (Å²) in [5, 5.41) is 0.0249. The molecular weight excluding hydrogens is 495 g/mol. The summed E-state index contributed by atoms with van der Waals surface area (Å²) in [7, 11) is -1.70. The fraction of sp³-hybridized carbons (Fsp3) is 0.300. The summed E-state index contributed by atoms with van der Waals surface area (Å²) in [5.41, 5.74) is 0.903. The van der Waals surface area contributed by atoms with Crippen LogP contribution in [0.3, 0.4) is 0 Å². The van der Waals surface area contributed by atoms with Gasteiger partial charge in [0.05, 0.1) is 36.8 Å². The van der Waals surface area contributed by atoms with Gasteiger partial charge in [-0.25, -0.2) is 12.8 Å². The number of amides is 1. The molecular formula is C20H18BrFN2O4S2. The standard InChI is InChI=1S/C20H18BrFN2O4S2/c1-28-17-5-3-2-4-12(17)8-19(25)23-20-24(15-7-6-13(21)9-14(15)22)16-10-30(26,27)11-18(16)29-20/h2-7,9,16,18H,8,10-11H2,1H3/t16-,18-/m0/s1. The van der Waals surface area contributed by atoms with E-state index < -0.39 is 27.6 Å². The Bertz CT molecular complexity index is 1140. The van der Waals surface area contributed by atoms with Crippen LogP contribution >= 0.6 is 27.7 Å². The number of sulfone groups is 1. The van der Waals surface area contributed by atoms with Crippen molar-refractivity contribution in [2.75, 3.05) is 23.5 Å². The van der Waals surface area contributed by atoms with Crippen LogP contribution in [0.5, 0.6) is 5.75 Å². The minimum atomic E-state index is -3.23. The monoisotopic (exact) mass is 512 g/mol. The average molecular weight is 513 g/mol. The second-order valence-corrected chi connectivity index (χ2v) is 11.3. The number of ether oxygens (including phenoxy) is 1. The second kappa shape index (κ2) is 8.32. The van der Waals surface area contributed by atoms with E-state index in [-0.39, 0.29) is 28.9 Å². The predicted molar refractivity (Wildman–Crippen MR) is 120 cm³/mol. The van der Waals surface area contributed by atoms with E-state index in [1.165, 1.54) is 24.9 Å². The molecule has 2 aromatic rings. The molecule has 2 aliphatic heterocycles. The van der Waals surface area contributed by atoms with Gasteiger partial charge >= 0.3 is 0 Å². The smallest absolute Gasteiger partial charge is 0.252 e. The molecule has 2 fully saturated rings. The van der Waals surface area contributed by atoms with E-state index >= 15 is 0 Å². The summed E-state index contributed by atoms with van der Waals surface area (Å²) < 4.78 is 44.8. The van der Waals surface area contributed by atoms with Crippen molar-refractivity contribution in [2.24, 2.45) is 4.99 Å². The molecule has 1 amide bonds. The molecule has 0 unspecified atom stereocenters. The van der Waals surface area contributed by atoms with E-state index in [1.807, 2.05) is 6.07 Å². The zero-order valence-corrected chi connectivity index (χ0v) is 19.1. The van der Waals surface area contributed by atoms with E-state index in [0.717, 1.165) is 0 Å². The topological polar surface area (TPSA) is 76.0 Å². The van der Waals surface area contributed by atoms with Gasteiger partial charge in [0.25, 0.3) is 5.91 Å². The Kier molecular flexibility index (Phi) is 5.91. The van der Waals surface area contributed by atoms with Crippen molar-refractivity contribution in [1.82, 2.24) is 0 Å². The molecule has 2 aliphatic rings. The summed E-state index contributed by atoms with van der Waals surface area (Å²) in [5.74, 6) is -0.451. The van der Waals surface area contributed by atoms with Crippen LogP contribution < -0.4 is 9.64 Å². The molecule has 0 radical (unpaired) electrons. The van der Waals surface area contributed by atoms with Gasteiger partial charge in [-0.2, -0.15) is 4.99 Å². The highest BCUT2D eigenvalue weighted by Crippen LogP contribution is 2.42. The Balaban J connectivity index is 1.68. The van der Waals surface area contributed by atoms with Crippen LogP contribution in [0.25, 0.3) is 0 Å². The number of aliphatic imine (C=N–C) groups is 1. The van der Waals surface area contributed by atoms with Gasteiger partial charge in [0.1, 0.15) is 11.6 Å². The number of carbonyl (C=O) groups excluding carboxylic acids is 1. The van der Waals surface area contributed by atoms with Crippen LogP contribution in [-0.4, -0.2) is 49.4 Å². The first-order chi connectivity index (χ1) is 14.3. The van der Waals surface area contributed by atoms with Crippen molar-refractivity contribution < 1.29 is 22.3 Å². The summed E-state index contributed by atoms with van der Waals surface area (Å²) in [6, 6.07) is 11.2. The number of fused-ring (bicyclic) bond motifs is 1. The van der Waals surface area contributed by atoms with Crippen molar-refractivity contribution in [2.45, 2.75) is 17.7 Å². The Hall–Kier alpha value is -1.91. The number of methoxy groups -OCH3 is 1. The minimum Gasteiger partial charge on any atom is -0.496 e. The molecule has 0 bridgehead atoms. The molecule has 158 valence electrons. The molecule has 2 saturated heterocycles. The number of hydrogen-bond donors (Lipinski definition) is 0. The van der Waals surface area contributed by atoms with Gasteiger partial charge in [-0.1, -0.05) is 45.9 Å². The molecule has 0 aliphatic carbocycles. The number of anilines is 1. The molecule has 2 atom stereocenters. The molecule has 0 spiro atoms. The van der Waals surface area contributed by atoms with E-state index in [0.29, 0.717) is 21.0 Å². The second-order valence-electron chi connectivity index (χ2n) is 7.04. The number of nitrogens with zero attached hydrogens (tertiary/aromatic N) is 2. The van der Waals surface area contributed by atoms with E-state index in [4.69, 9.17) is 4.74 Å². The fourth-order valence-corrected chi connectivity index (χ4v) is 7.94. The van der Waals surface area contributed by atoms with Crippen LogP contribution in [0.4, 0.5) is 10.1 Å². The van der Waals surface area contributed by atoms with Crippen LogP contribution in [0, 0.1) is 5.82 Å². The summed E-state index contributed by atoms with van der Waals surface area (Å²) in [6.45, 7) is 0. The molecule has 0 N–H and O–H groups in total. The molecule has 4 rings (SSSR count). The zero-order chi connectivity index (χ0) is 21.5. The van der Waals surface area contributed by atoms with Crippen LogP contribution in [0.1, 0.15) is 5.56 Å². The SMILES string of the molecule is COc1ccccc1CC(=O)N=C1S[C@H]2CS(=O)(=O)C[C@@H]2N1c1ccc(Br)cc1F. The highest BCUT2D eigenvalue weighted by molar-refractivity contribution is 9.10. The molecule has 0 aromatic heterocycles. The van der Waals surface area contributed by atoms with Gasteiger partial charge < -0.3 is 9.64 Å². The van der Waals surface area contributed by atoms with Crippen LogP contribution in [0.2, 0.25) is 0 Å². The van der Waals surface area contributed by atoms with Gasteiger partial charge in [-0.3, -0.25) is 4.79 Å². The molecule has 2 aromatic carbocycles. The van der Waals surface area contributed by atoms with Gasteiger partial charge in [0.15, 0.2) is 15.0 Å². The van der Waals surface area contributed by atoms with Crippen molar-refractivity contribution in [3.05, 3.63) is 58.3 Å².